The van der Waals surface area contributed by atoms with Gasteiger partial charge in [-0.1, -0.05) is 91.9 Å². The molecule has 1 heterocycles. The van der Waals surface area contributed by atoms with Crippen LogP contribution in [0.1, 0.15) is 130 Å². The maximum Gasteiger partial charge on any atom is 0.508 e. The summed E-state index contributed by atoms with van der Waals surface area (Å²) in [6, 6.07) is 0. The van der Waals surface area contributed by atoms with Gasteiger partial charge in [-0.3, -0.25) is 0 Å². The van der Waals surface area contributed by atoms with Crippen LogP contribution >= 0.6 is 0 Å². The van der Waals surface area contributed by atoms with Crippen LogP contribution in [0, 0.1) is 17.8 Å². The van der Waals surface area contributed by atoms with Crippen molar-refractivity contribution in [3.63, 3.8) is 0 Å². The van der Waals surface area contributed by atoms with Gasteiger partial charge >= 0.3 is 6.16 Å². The number of carbonyl (C=O) groups excluding carboxylic acids is 1. The van der Waals surface area contributed by atoms with Gasteiger partial charge in [-0.05, 0) is 56.3 Å². The molecule has 0 amide bonds. The molecule has 2 aliphatic rings. The van der Waals surface area contributed by atoms with Gasteiger partial charge in [0.25, 0.3) is 0 Å². The number of unbranched alkanes of at least 4 members (excludes halogenated alkanes) is 9. The number of carbonyl (C=O) groups is 1. The monoisotopic (exact) mass is 452 g/mol. The fraction of sp³-hybridized carbons (Fsp3) is 0.964. The average Bonchev–Trinajstić information content (AvgIpc) is 3.29. The van der Waals surface area contributed by atoms with Crippen molar-refractivity contribution >= 4 is 6.16 Å². The van der Waals surface area contributed by atoms with E-state index in [4.69, 9.17) is 14.2 Å². The van der Waals surface area contributed by atoms with Gasteiger partial charge in [-0.2, -0.15) is 0 Å². The number of hydrogen-bond donors (Lipinski definition) is 0. The summed E-state index contributed by atoms with van der Waals surface area (Å²) in [4.78, 5) is 12.7. The lowest BCUT2D eigenvalue weighted by atomic mass is 9.75. The van der Waals surface area contributed by atoms with E-state index in [0.717, 1.165) is 45.1 Å². The number of hydrogen-bond acceptors (Lipinski definition) is 4. The normalized spacial score (nSPS) is 26.9. The lowest BCUT2D eigenvalue weighted by Crippen LogP contribution is -2.38. The molecule has 32 heavy (non-hydrogen) atoms. The second kappa shape index (κ2) is 16.0. The van der Waals surface area contributed by atoms with Gasteiger partial charge in [0.1, 0.15) is 12.2 Å². The molecule has 4 heteroatoms. The summed E-state index contributed by atoms with van der Waals surface area (Å²) in [5.41, 5.74) is 0. The van der Waals surface area contributed by atoms with Crippen molar-refractivity contribution in [2.45, 2.75) is 149 Å². The van der Waals surface area contributed by atoms with Crippen LogP contribution in [0.4, 0.5) is 4.79 Å². The Balaban J connectivity index is 1.70. The molecule has 0 spiro atoms. The van der Waals surface area contributed by atoms with Gasteiger partial charge in [0.15, 0.2) is 0 Å². The van der Waals surface area contributed by atoms with E-state index in [9.17, 15) is 4.79 Å². The summed E-state index contributed by atoms with van der Waals surface area (Å²) >= 11 is 0. The molecule has 0 radical (unpaired) electrons. The molecule has 0 bridgehead atoms. The van der Waals surface area contributed by atoms with E-state index in [0.29, 0.717) is 17.8 Å². The molecule has 0 aromatic rings. The molecule has 1 saturated carbocycles. The molecule has 1 aliphatic heterocycles. The third-order valence-electron chi connectivity index (χ3n) is 7.68. The lowest BCUT2D eigenvalue weighted by molar-refractivity contribution is -0.0749. The highest BCUT2D eigenvalue weighted by Crippen LogP contribution is 2.35. The first-order valence-corrected chi connectivity index (χ1v) is 14.0. The Labute approximate surface area is 198 Å². The van der Waals surface area contributed by atoms with Crippen LogP contribution in [0.15, 0.2) is 0 Å². The fourth-order valence-corrected chi connectivity index (χ4v) is 5.57. The van der Waals surface area contributed by atoms with Crippen LogP contribution in [0.2, 0.25) is 0 Å². The molecule has 4 nitrogen and oxygen atoms in total. The Morgan fingerprint density at radius 2 is 1.59 bits per heavy atom. The standard InChI is InChI=1S/C28H52O4/c1-5-6-7-8-9-10-11-12-13-14-16-26(25-17-15-20-30-25)31-28(29)32-27-21-23(4)18-19-24(27)22(2)3/h22-27H,5-21H2,1-4H3/t23-,24+,25+,26+,27-/m0/s1. The highest BCUT2D eigenvalue weighted by atomic mass is 16.7. The van der Waals surface area contributed by atoms with E-state index < -0.39 is 6.16 Å². The molecule has 188 valence electrons. The van der Waals surface area contributed by atoms with E-state index >= 15 is 0 Å². The predicted molar refractivity (Wildman–Crippen MR) is 132 cm³/mol. The summed E-state index contributed by atoms with van der Waals surface area (Å²) in [7, 11) is 0. The van der Waals surface area contributed by atoms with E-state index in [2.05, 4.69) is 27.7 Å². The second-order valence-corrected chi connectivity index (χ2v) is 10.9. The summed E-state index contributed by atoms with van der Waals surface area (Å²) in [6.07, 6.45) is 18.8. The molecule has 5 atom stereocenters. The number of rotatable bonds is 15. The van der Waals surface area contributed by atoms with Crippen molar-refractivity contribution in [3.05, 3.63) is 0 Å². The third kappa shape index (κ3) is 10.4. The maximum atomic E-state index is 12.7. The molecule has 0 aromatic carbocycles. The first-order chi connectivity index (χ1) is 15.5. The predicted octanol–water partition coefficient (Wildman–Crippen LogP) is 8.46. The zero-order valence-corrected chi connectivity index (χ0v) is 21.6. The SMILES string of the molecule is CCCCCCCCCCCC[C@@H](OC(=O)O[C@H]1C[C@@H](C)CC[C@@H]1C(C)C)[C@H]1CCCO1. The van der Waals surface area contributed by atoms with Gasteiger partial charge in [-0.25, -0.2) is 4.79 Å². The van der Waals surface area contributed by atoms with Crippen molar-refractivity contribution in [3.8, 4) is 0 Å². The van der Waals surface area contributed by atoms with Crippen LogP contribution < -0.4 is 0 Å². The molecule has 0 aromatic heterocycles. The summed E-state index contributed by atoms with van der Waals surface area (Å²) < 4.78 is 17.7. The van der Waals surface area contributed by atoms with E-state index in [1.807, 2.05) is 0 Å². The summed E-state index contributed by atoms with van der Waals surface area (Å²) in [6.45, 7) is 9.80. The van der Waals surface area contributed by atoms with Crippen LogP contribution in [-0.4, -0.2) is 31.1 Å². The quantitative estimate of drug-likeness (QED) is 0.185. The topological polar surface area (TPSA) is 44.8 Å². The number of ether oxygens (including phenoxy) is 3. The Hall–Kier alpha value is -0.770. The molecular formula is C28H52O4. The molecule has 1 saturated heterocycles. The Bertz CT molecular complexity index is 486. The molecule has 0 N–H and O–H groups in total. The minimum Gasteiger partial charge on any atom is -0.431 e. The Morgan fingerprint density at radius 3 is 2.19 bits per heavy atom. The molecular weight excluding hydrogens is 400 g/mol. The van der Waals surface area contributed by atoms with Crippen LogP contribution in [-0.2, 0) is 14.2 Å². The third-order valence-corrected chi connectivity index (χ3v) is 7.68. The molecule has 2 fully saturated rings. The maximum absolute atomic E-state index is 12.7. The minimum absolute atomic E-state index is 0.00581. The van der Waals surface area contributed by atoms with Crippen LogP contribution in [0.25, 0.3) is 0 Å². The van der Waals surface area contributed by atoms with Gasteiger partial charge in [0.05, 0.1) is 6.10 Å². The molecule has 1 aliphatic carbocycles. The largest absolute Gasteiger partial charge is 0.508 e. The summed E-state index contributed by atoms with van der Waals surface area (Å²) in [5, 5.41) is 0. The highest BCUT2D eigenvalue weighted by Gasteiger charge is 2.35. The molecule has 0 unspecified atom stereocenters. The van der Waals surface area contributed by atoms with Crippen molar-refractivity contribution in [1.29, 1.82) is 0 Å². The van der Waals surface area contributed by atoms with E-state index in [-0.39, 0.29) is 18.3 Å². The zero-order chi connectivity index (χ0) is 23.2. The van der Waals surface area contributed by atoms with Gasteiger partial charge < -0.3 is 14.2 Å². The van der Waals surface area contributed by atoms with Crippen molar-refractivity contribution in [1.82, 2.24) is 0 Å². The first-order valence-electron chi connectivity index (χ1n) is 14.0. The summed E-state index contributed by atoms with van der Waals surface area (Å²) in [5.74, 6) is 1.59. The van der Waals surface area contributed by atoms with Gasteiger partial charge in [0, 0.05) is 6.61 Å². The first kappa shape index (κ1) is 27.5. The Kier molecular flexibility index (Phi) is 13.7. The smallest absolute Gasteiger partial charge is 0.431 e. The van der Waals surface area contributed by atoms with Crippen LogP contribution in [0.3, 0.4) is 0 Å². The highest BCUT2D eigenvalue weighted by molar-refractivity contribution is 5.60. The Morgan fingerprint density at radius 1 is 0.938 bits per heavy atom. The van der Waals surface area contributed by atoms with Crippen molar-refractivity contribution in [2.75, 3.05) is 6.61 Å². The van der Waals surface area contributed by atoms with Crippen molar-refractivity contribution < 1.29 is 19.0 Å². The average molecular weight is 453 g/mol. The van der Waals surface area contributed by atoms with Gasteiger partial charge in [-0.15, -0.1) is 0 Å². The second-order valence-electron chi connectivity index (χ2n) is 10.9. The van der Waals surface area contributed by atoms with Gasteiger partial charge in [0.2, 0.25) is 0 Å². The van der Waals surface area contributed by atoms with E-state index in [1.165, 1.54) is 64.2 Å². The minimum atomic E-state index is -0.470. The van der Waals surface area contributed by atoms with Crippen molar-refractivity contribution in [2.24, 2.45) is 17.8 Å². The van der Waals surface area contributed by atoms with E-state index in [1.54, 1.807) is 0 Å². The zero-order valence-electron chi connectivity index (χ0n) is 21.6. The molecule has 2 rings (SSSR count). The lowest BCUT2D eigenvalue weighted by Gasteiger charge is -2.36. The van der Waals surface area contributed by atoms with Crippen LogP contribution in [0.5, 0.6) is 0 Å². The fourth-order valence-electron chi connectivity index (χ4n) is 5.57.